The highest BCUT2D eigenvalue weighted by Gasteiger charge is 2.08. The highest BCUT2D eigenvalue weighted by atomic mass is 16.5. The molecule has 0 bridgehead atoms. The van der Waals surface area contributed by atoms with E-state index in [1.54, 1.807) is 6.07 Å². The van der Waals surface area contributed by atoms with E-state index in [-0.39, 0.29) is 5.56 Å². The number of hydrogen-bond acceptors (Lipinski definition) is 3. The van der Waals surface area contributed by atoms with Crippen LogP contribution in [0.3, 0.4) is 0 Å². The minimum absolute atomic E-state index is 0.165. The zero-order chi connectivity index (χ0) is 12.1. The molecule has 0 unspecified atom stereocenters. The van der Waals surface area contributed by atoms with Gasteiger partial charge in [-0.1, -0.05) is 13.8 Å². The molecule has 0 aromatic heterocycles. The van der Waals surface area contributed by atoms with Crippen LogP contribution in [0.25, 0.3) is 0 Å². The van der Waals surface area contributed by atoms with Crippen molar-refractivity contribution in [3.8, 4) is 11.5 Å². The summed E-state index contributed by atoms with van der Waals surface area (Å²) in [6, 6.07) is 4.63. The van der Waals surface area contributed by atoms with Crippen molar-refractivity contribution in [3.63, 3.8) is 0 Å². The molecule has 0 aliphatic carbocycles. The topological polar surface area (TPSA) is 55.8 Å². The average Bonchev–Trinajstić information content (AvgIpc) is 2.25. The van der Waals surface area contributed by atoms with Gasteiger partial charge in [0, 0.05) is 6.07 Å². The van der Waals surface area contributed by atoms with Gasteiger partial charge in [-0.05, 0) is 18.1 Å². The molecule has 0 saturated carbocycles. The number of benzene rings is 1. The zero-order valence-corrected chi connectivity index (χ0v) is 9.69. The third-order valence-corrected chi connectivity index (χ3v) is 1.95. The molecule has 0 saturated heterocycles. The van der Waals surface area contributed by atoms with Gasteiger partial charge in [-0.15, -0.1) is 0 Å². The van der Waals surface area contributed by atoms with Gasteiger partial charge in [0.25, 0.3) is 0 Å². The molecule has 1 rings (SSSR count). The second-order valence-electron chi connectivity index (χ2n) is 3.91. The van der Waals surface area contributed by atoms with Gasteiger partial charge in [0.1, 0.15) is 11.5 Å². The number of hydrogen-bond donors (Lipinski definition) is 1. The van der Waals surface area contributed by atoms with Gasteiger partial charge >= 0.3 is 5.97 Å². The first-order valence-electron chi connectivity index (χ1n) is 5.08. The van der Waals surface area contributed by atoms with E-state index in [0.29, 0.717) is 24.0 Å². The third-order valence-electron chi connectivity index (χ3n) is 1.95. The smallest absolute Gasteiger partial charge is 0.335 e. The lowest BCUT2D eigenvalue weighted by Gasteiger charge is -2.10. The summed E-state index contributed by atoms with van der Waals surface area (Å²) in [7, 11) is 1.49. The Bertz CT molecular complexity index is 371. The van der Waals surface area contributed by atoms with Crippen molar-refractivity contribution >= 4 is 5.97 Å². The lowest BCUT2D eigenvalue weighted by atomic mass is 10.2. The van der Waals surface area contributed by atoms with E-state index in [2.05, 4.69) is 0 Å². The van der Waals surface area contributed by atoms with E-state index >= 15 is 0 Å². The molecule has 1 aromatic carbocycles. The van der Waals surface area contributed by atoms with E-state index < -0.39 is 5.97 Å². The minimum Gasteiger partial charge on any atom is -0.497 e. The Morgan fingerprint density at radius 1 is 1.31 bits per heavy atom. The van der Waals surface area contributed by atoms with Crippen LogP contribution < -0.4 is 9.47 Å². The maximum Gasteiger partial charge on any atom is 0.335 e. The van der Waals surface area contributed by atoms with Crippen LogP contribution in [-0.2, 0) is 0 Å². The van der Waals surface area contributed by atoms with E-state index in [9.17, 15) is 4.79 Å². The molecule has 0 radical (unpaired) electrons. The largest absolute Gasteiger partial charge is 0.497 e. The number of rotatable bonds is 5. The SMILES string of the molecule is COc1cc(OCC(C)C)cc(C(=O)O)c1. The molecule has 1 aromatic rings. The van der Waals surface area contributed by atoms with Crippen LogP contribution in [0.5, 0.6) is 11.5 Å². The molecule has 0 aliphatic heterocycles. The van der Waals surface area contributed by atoms with Crippen LogP contribution in [0, 0.1) is 5.92 Å². The summed E-state index contributed by atoms with van der Waals surface area (Å²) < 4.78 is 10.5. The first-order valence-corrected chi connectivity index (χ1v) is 5.08. The van der Waals surface area contributed by atoms with Crippen molar-refractivity contribution in [1.29, 1.82) is 0 Å². The normalized spacial score (nSPS) is 10.2. The van der Waals surface area contributed by atoms with Crippen molar-refractivity contribution in [2.24, 2.45) is 5.92 Å². The van der Waals surface area contributed by atoms with Gasteiger partial charge in [0.05, 0.1) is 19.3 Å². The molecule has 4 heteroatoms. The summed E-state index contributed by atoms with van der Waals surface area (Å²) in [4.78, 5) is 10.8. The summed E-state index contributed by atoms with van der Waals surface area (Å²) in [6.07, 6.45) is 0. The van der Waals surface area contributed by atoms with Crippen molar-refractivity contribution in [1.82, 2.24) is 0 Å². The molecular formula is C12H16O4. The number of aromatic carboxylic acids is 1. The zero-order valence-electron chi connectivity index (χ0n) is 9.69. The first kappa shape index (κ1) is 12.4. The van der Waals surface area contributed by atoms with E-state index in [1.165, 1.54) is 19.2 Å². The Balaban J connectivity index is 2.90. The maximum absolute atomic E-state index is 10.8. The molecule has 0 aliphatic rings. The van der Waals surface area contributed by atoms with Crippen molar-refractivity contribution in [3.05, 3.63) is 23.8 Å². The number of carboxylic acid groups (broad SMARTS) is 1. The Labute approximate surface area is 94.8 Å². The van der Waals surface area contributed by atoms with Crippen LogP contribution in [0.2, 0.25) is 0 Å². The van der Waals surface area contributed by atoms with Gasteiger partial charge in [-0.3, -0.25) is 0 Å². The Morgan fingerprint density at radius 3 is 2.44 bits per heavy atom. The number of carbonyl (C=O) groups is 1. The van der Waals surface area contributed by atoms with Gasteiger partial charge < -0.3 is 14.6 Å². The van der Waals surface area contributed by atoms with E-state index in [4.69, 9.17) is 14.6 Å². The number of methoxy groups -OCH3 is 1. The van der Waals surface area contributed by atoms with E-state index in [1.807, 2.05) is 13.8 Å². The minimum atomic E-state index is -0.992. The summed E-state index contributed by atoms with van der Waals surface area (Å²) in [5, 5.41) is 8.90. The highest BCUT2D eigenvalue weighted by molar-refractivity contribution is 5.88. The van der Waals surface area contributed by atoms with Crippen LogP contribution >= 0.6 is 0 Å². The second kappa shape index (κ2) is 5.39. The van der Waals surface area contributed by atoms with Crippen molar-refractivity contribution in [2.75, 3.05) is 13.7 Å². The Kier molecular flexibility index (Phi) is 4.17. The van der Waals surface area contributed by atoms with Gasteiger partial charge in [-0.25, -0.2) is 4.79 Å². The van der Waals surface area contributed by atoms with Gasteiger partial charge in [-0.2, -0.15) is 0 Å². The van der Waals surface area contributed by atoms with Crippen molar-refractivity contribution in [2.45, 2.75) is 13.8 Å². The highest BCUT2D eigenvalue weighted by Crippen LogP contribution is 2.23. The Hall–Kier alpha value is -1.71. The lowest BCUT2D eigenvalue weighted by Crippen LogP contribution is -2.06. The van der Waals surface area contributed by atoms with Crippen LogP contribution in [0.1, 0.15) is 24.2 Å². The summed E-state index contributed by atoms with van der Waals surface area (Å²) in [6.45, 7) is 4.60. The number of ether oxygens (including phenoxy) is 2. The summed E-state index contributed by atoms with van der Waals surface area (Å²) in [5.74, 6) is 0.400. The quantitative estimate of drug-likeness (QED) is 0.834. The molecule has 0 spiro atoms. The fourth-order valence-electron chi connectivity index (χ4n) is 1.16. The third kappa shape index (κ3) is 3.46. The lowest BCUT2D eigenvalue weighted by molar-refractivity contribution is 0.0696. The molecule has 88 valence electrons. The molecule has 0 atom stereocenters. The fourth-order valence-corrected chi connectivity index (χ4v) is 1.16. The summed E-state index contributed by atoms with van der Waals surface area (Å²) >= 11 is 0. The second-order valence-corrected chi connectivity index (χ2v) is 3.91. The predicted octanol–water partition coefficient (Wildman–Crippen LogP) is 2.43. The standard InChI is InChI=1S/C12H16O4/c1-8(2)7-16-11-5-9(12(13)14)4-10(6-11)15-3/h4-6,8H,7H2,1-3H3,(H,13,14). The summed E-state index contributed by atoms with van der Waals surface area (Å²) in [5.41, 5.74) is 0.165. The van der Waals surface area contributed by atoms with Gasteiger partial charge in [0.2, 0.25) is 0 Å². The molecule has 1 N–H and O–H groups in total. The number of carboxylic acids is 1. The molecule has 4 nitrogen and oxygen atoms in total. The predicted molar refractivity (Wildman–Crippen MR) is 60.3 cm³/mol. The van der Waals surface area contributed by atoms with Crippen LogP contribution in [0.15, 0.2) is 18.2 Å². The van der Waals surface area contributed by atoms with Crippen LogP contribution in [-0.4, -0.2) is 24.8 Å². The Morgan fingerprint density at radius 2 is 1.94 bits per heavy atom. The van der Waals surface area contributed by atoms with Crippen molar-refractivity contribution < 1.29 is 19.4 Å². The first-order chi connectivity index (χ1) is 7.52. The van der Waals surface area contributed by atoms with Crippen LogP contribution in [0.4, 0.5) is 0 Å². The molecule has 0 heterocycles. The average molecular weight is 224 g/mol. The maximum atomic E-state index is 10.8. The van der Waals surface area contributed by atoms with E-state index in [0.717, 1.165) is 0 Å². The molecule has 0 fully saturated rings. The molecular weight excluding hydrogens is 208 g/mol. The molecule has 0 amide bonds. The monoisotopic (exact) mass is 224 g/mol. The fraction of sp³-hybridized carbons (Fsp3) is 0.417. The van der Waals surface area contributed by atoms with Gasteiger partial charge in [0.15, 0.2) is 0 Å². The molecule has 16 heavy (non-hydrogen) atoms.